The Morgan fingerprint density at radius 1 is 1.40 bits per heavy atom. The van der Waals surface area contributed by atoms with Crippen molar-refractivity contribution >= 4 is 6.21 Å². The molecule has 0 rings (SSSR count). The molecule has 0 aliphatic heterocycles. The molecule has 0 saturated carbocycles. The van der Waals surface area contributed by atoms with Crippen molar-refractivity contribution in [2.45, 2.75) is 6.92 Å². The molecular formula is C7H15N3. The molecule has 0 N–H and O–H groups in total. The molecule has 10 heavy (non-hydrogen) atoms. The molecule has 0 radical (unpaired) electrons. The highest BCUT2D eigenvalue weighted by Crippen LogP contribution is 1.99. The molecule has 0 bridgehead atoms. The van der Waals surface area contributed by atoms with Crippen molar-refractivity contribution in [1.29, 1.82) is 0 Å². The molecule has 0 spiro atoms. The van der Waals surface area contributed by atoms with Crippen molar-refractivity contribution in [1.82, 2.24) is 10.0 Å². The van der Waals surface area contributed by atoms with Gasteiger partial charge in [0, 0.05) is 27.4 Å². The molecule has 0 unspecified atom stereocenters. The van der Waals surface area contributed by atoms with Crippen molar-refractivity contribution in [2.24, 2.45) is 4.99 Å². The first kappa shape index (κ1) is 9.17. The van der Waals surface area contributed by atoms with Gasteiger partial charge in [-0.15, -0.1) is 0 Å². The maximum atomic E-state index is 4.01. The van der Waals surface area contributed by atoms with E-state index in [1.165, 1.54) is 0 Å². The summed E-state index contributed by atoms with van der Waals surface area (Å²) in [5.74, 6) is 0.743. The number of rotatable bonds is 3. The van der Waals surface area contributed by atoms with Crippen LogP contribution in [0.15, 0.2) is 17.4 Å². The fourth-order valence-electron chi connectivity index (χ4n) is 0.463. The first-order valence-electron chi connectivity index (χ1n) is 3.18. The lowest BCUT2D eigenvalue weighted by Gasteiger charge is -2.25. The summed E-state index contributed by atoms with van der Waals surface area (Å²) < 4.78 is 0. The summed E-state index contributed by atoms with van der Waals surface area (Å²) in [7, 11) is 5.79. The fourth-order valence-corrected chi connectivity index (χ4v) is 0.463. The lowest BCUT2D eigenvalue weighted by atomic mass is 10.7. The zero-order chi connectivity index (χ0) is 8.15. The predicted molar refractivity (Wildman–Crippen MR) is 44.8 cm³/mol. The predicted octanol–water partition coefficient (Wildman–Crippen LogP) is 0.957. The van der Waals surface area contributed by atoms with Crippen LogP contribution in [0.2, 0.25) is 0 Å². The Morgan fingerprint density at radius 3 is 2.20 bits per heavy atom. The van der Waals surface area contributed by atoms with Gasteiger partial charge in [-0.1, -0.05) is 6.58 Å². The number of aliphatic imine (C=N–C) groups is 1. The van der Waals surface area contributed by atoms with E-state index in [-0.39, 0.29) is 0 Å². The molecule has 58 valence electrons. The third-order valence-electron chi connectivity index (χ3n) is 1.25. The second-order valence-electron chi connectivity index (χ2n) is 2.17. The zero-order valence-electron chi connectivity index (χ0n) is 7.13. The summed E-state index contributed by atoms with van der Waals surface area (Å²) in [6.07, 6.45) is 1.72. The summed E-state index contributed by atoms with van der Waals surface area (Å²) in [6.45, 7) is 5.62. The van der Waals surface area contributed by atoms with Gasteiger partial charge in [0.1, 0.15) is 5.82 Å². The van der Waals surface area contributed by atoms with Gasteiger partial charge in [0.25, 0.3) is 0 Å². The Hall–Kier alpha value is -0.830. The Morgan fingerprint density at radius 2 is 1.90 bits per heavy atom. The fraction of sp³-hybridized carbons (Fsp3) is 0.571. The Bertz CT molecular complexity index is 138. The molecule has 0 aliphatic carbocycles. The van der Waals surface area contributed by atoms with Gasteiger partial charge >= 0.3 is 0 Å². The highest BCUT2D eigenvalue weighted by Gasteiger charge is 1.99. The van der Waals surface area contributed by atoms with E-state index in [2.05, 4.69) is 11.6 Å². The molecule has 0 fully saturated rings. The summed E-state index contributed by atoms with van der Waals surface area (Å²) in [4.78, 5) is 4.01. The average Bonchev–Trinajstić information content (AvgIpc) is 1.87. The molecule has 0 aromatic heterocycles. The standard InChI is InChI=1S/C7H15N3/c1-6-8-7(2)10(5)9(3)4/h6H,2H2,1,3-5H3. The molecule has 0 aliphatic rings. The van der Waals surface area contributed by atoms with E-state index in [1.54, 1.807) is 6.21 Å². The number of hydrogen-bond acceptors (Lipinski definition) is 3. The van der Waals surface area contributed by atoms with E-state index in [0.29, 0.717) is 0 Å². The quantitative estimate of drug-likeness (QED) is 0.430. The van der Waals surface area contributed by atoms with Gasteiger partial charge in [-0.05, 0) is 6.92 Å². The van der Waals surface area contributed by atoms with E-state index in [4.69, 9.17) is 0 Å². The van der Waals surface area contributed by atoms with Crippen LogP contribution in [0.25, 0.3) is 0 Å². The van der Waals surface area contributed by atoms with Crippen molar-refractivity contribution < 1.29 is 0 Å². The number of hydrazine groups is 1. The highest BCUT2D eigenvalue weighted by atomic mass is 15.6. The summed E-state index contributed by atoms with van der Waals surface area (Å²) >= 11 is 0. The molecule has 0 aromatic carbocycles. The lowest BCUT2D eigenvalue weighted by molar-refractivity contribution is 0.0979. The second kappa shape index (κ2) is 4.06. The number of hydrogen-bond donors (Lipinski definition) is 0. The van der Waals surface area contributed by atoms with Crippen LogP contribution < -0.4 is 0 Å². The lowest BCUT2D eigenvalue weighted by Crippen LogP contribution is -2.31. The van der Waals surface area contributed by atoms with E-state index in [0.717, 1.165) is 5.82 Å². The second-order valence-corrected chi connectivity index (χ2v) is 2.17. The van der Waals surface area contributed by atoms with E-state index < -0.39 is 0 Å². The van der Waals surface area contributed by atoms with Crippen LogP contribution >= 0.6 is 0 Å². The summed E-state index contributed by atoms with van der Waals surface area (Å²) in [6, 6.07) is 0. The minimum absolute atomic E-state index is 0.743. The van der Waals surface area contributed by atoms with Crippen LogP contribution in [0.5, 0.6) is 0 Å². The Balaban J connectivity index is 3.95. The van der Waals surface area contributed by atoms with E-state index >= 15 is 0 Å². The summed E-state index contributed by atoms with van der Waals surface area (Å²) in [5.41, 5.74) is 0. The minimum atomic E-state index is 0.743. The highest BCUT2D eigenvalue weighted by molar-refractivity contribution is 5.54. The van der Waals surface area contributed by atoms with E-state index in [1.807, 2.05) is 38.1 Å². The van der Waals surface area contributed by atoms with Gasteiger partial charge in [-0.3, -0.25) is 5.01 Å². The largest absolute Gasteiger partial charge is 0.294 e. The van der Waals surface area contributed by atoms with Gasteiger partial charge in [-0.2, -0.15) is 0 Å². The Kier molecular flexibility index (Phi) is 3.72. The zero-order valence-corrected chi connectivity index (χ0v) is 7.13. The maximum absolute atomic E-state index is 4.01. The third-order valence-corrected chi connectivity index (χ3v) is 1.25. The van der Waals surface area contributed by atoms with Gasteiger partial charge in [0.05, 0.1) is 0 Å². The van der Waals surface area contributed by atoms with Crippen LogP contribution in [-0.2, 0) is 0 Å². The molecule has 3 heteroatoms. The van der Waals surface area contributed by atoms with Gasteiger partial charge in [-0.25, -0.2) is 10.0 Å². The molecule has 0 aromatic rings. The van der Waals surface area contributed by atoms with Crippen LogP contribution in [0, 0.1) is 0 Å². The Labute approximate surface area is 62.6 Å². The van der Waals surface area contributed by atoms with Crippen LogP contribution in [0.3, 0.4) is 0 Å². The molecule has 0 saturated heterocycles. The first-order chi connectivity index (χ1) is 4.59. The first-order valence-corrected chi connectivity index (χ1v) is 3.18. The van der Waals surface area contributed by atoms with Crippen LogP contribution in [-0.4, -0.2) is 37.4 Å². The topological polar surface area (TPSA) is 18.8 Å². The minimum Gasteiger partial charge on any atom is -0.294 e. The smallest absolute Gasteiger partial charge is 0.134 e. The monoisotopic (exact) mass is 141 g/mol. The van der Waals surface area contributed by atoms with Gasteiger partial charge in [0.2, 0.25) is 0 Å². The van der Waals surface area contributed by atoms with Gasteiger partial charge in [0.15, 0.2) is 0 Å². The van der Waals surface area contributed by atoms with Crippen molar-refractivity contribution in [2.75, 3.05) is 21.1 Å². The van der Waals surface area contributed by atoms with Gasteiger partial charge < -0.3 is 0 Å². The third kappa shape index (κ3) is 2.64. The maximum Gasteiger partial charge on any atom is 0.134 e. The van der Waals surface area contributed by atoms with Crippen molar-refractivity contribution in [3.05, 3.63) is 12.4 Å². The van der Waals surface area contributed by atoms with E-state index in [9.17, 15) is 0 Å². The molecule has 0 amide bonds. The van der Waals surface area contributed by atoms with Crippen molar-refractivity contribution in [3.8, 4) is 0 Å². The molecular weight excluding hydrogens is 126 g/mol. The normalized spacial score (nSPS) is 10.9. The SMILES string of the molecule is C=C(N=CC)N(C)N(C)C. The average molecular weight is 141 g/mol. The summed E-state index contributed by atoms with van der Waals surface area (Å²) in [5, 5.41) is 3.77. The molecule has 0 atom stereocenters. The number of nitrogens with zero attached hydrogens (tertiary/aromatic N) is 3. The van der Waals surface area contributed by atoms with Crippen molar-refractivity contribution in [3.63, 3.8) is 0 Å². The molecule has 0 heterocycles. The molecule has 3 nitrogen and oxygen atoms in total. The van der Waals surface area contributed by atoms with Crippen LogP contribution in [0.4, 0.5) is 0 Å². The van der Waals surface area contributed by atoms with Crippen LogP contribution in [0.1, 0.15) is 6.92 Å².